The molecule has 2 atom stereocenters. The van der Waals surface area contributed by atoms with E-state index in [9.17, 15) is 0 Å². The van der Waals surface area contributed by atoms with Gasteiger partial charge in [-0.25, -0.2) is 0 Å². The van der Waals surface area contributed by atoms with Crippen LogP contribution in [-0.2, 0) is 0 Å². The van der Waals surface area contributed by atoms with E-state index in [4.69, 9.17) is 0 Å². The predicted molar refractivity (Wildman–Crippen MR) is 69.5 cm³/mol. The summed E-state index contributed by atoms with van der Waals surface area (Å²) in [7, 11) is 0. The highest BCUT2D eigenvalue weighted by molar-refractivity contribution is 5.23. The highest BCUT2D eigenvalue weighted by Gasteiger charge is 2.42. The molecule has 0 heterocycles. The second-order valence-corrected chi connectivity index (χ2v) is 5.67. The molecule has 1 saturated carbocycles. The maximum absolute atomic E-state index is 3.72. The smallest absolute Gasteiger partial charge is 0.0294 e. The number of benzene rings is 1. The molecule has 1 aliphatic rings. The van der Waals surface area contributed by atoms with Crippen molar-refractivity contribution in [2.24, 2.45) is 5.41 Å². The average molecular weight is 217 g/mol. The third kappa shape index (κ3) is 2.46. The molecule has 1 aromatic rings. The van der Waals surface area contributed by atoms with Crippen molar-refractivity contribution < 1.29 is 0 Å². The van der Waals surface area contributed by atoms with E-state index in [0.29, 0.717) is 17.5 Å². The third-order valence-electron chi connectivity index (χ3n) is 4.16. The van der Waals surface area contributed by atoms with E-state index in [0.717, 1.165) is 0 Å². The van der Waals surface area contributed by atoms with Crippen molar-refractivity contribution in [3.63, 3.8) is 0 Å². The molecular formula is C15H23N. The molecule has 0 aliphatic heterocycles. The summed E-state index contributed by atoms with van der Waals surface area (Å²) in [6.07, 6.45) is 2.75. The lowest BCUT2D eigenvalue weighted by Gasteiger charge is -2.25. The van der Waals surface area contributed by atoms with E-state index in [1.165, 1.54) is 24.0 Å². The Bertz CT molecular complexity index is 348. The molecule has 2 rings (SSSR count). The highest BCUT2D eigenvalue weighted by Crippen LogP contribution is 2.48. The molecule has 0 bridgehead atoms. The quantitative estimate of drug-likeness (QED) is 0.808. The first-order valence-electron chi connectivity index (χ1n) is 6.34. The highest BCUT2D eigenvalue weighted by atomic mass is 15.0. The van der Waals surface area contributed by atoms with Gasteiger partial charge in [-0.2, -0.15) is 0 Å². The first-order valence-corrected chi connectivity index (χ1v) is 6.34. The summed E-state index contributed by atoms with van der Waals surface area (Å²) >= 11 is 0. The lowest BCUT2D eigenvalue weighted by atomic mass is 9.98. The van der Waals surface area contributed by atoms with Crippen LogP contribution in [0.1, 0.15) is 50.8 Å². The summed E-state index contributed by atoms with van der Waals surface area (Å²) in [6.45, 7) is 9.09. The van der Waals surface area contributed by atoms with Crippen LogP contribution in [0.25, 0.3) is 0 Å². The molecule has 1 fully saturated rings. The Balaban J connectivity index is 1.97. The van der Waals surface area contributed by atoms with Crippen LogP contribution in [0.5, 0.6) is 0 Å². The maximum atomic E-state index is 3.72. The lowest BCUT2D eigenvalue weighted by Crippen LogP contribution is -2.35. The zero-order chi connectivity index (χ0) is 11.8. The van der Waals surface area contributed by atoms with Gasteiger partial charge in [0.2, 0.25) is 0 Å². The lowest BCUT2D eigenvalue weighted by molar-refractivity contribution is 0.350. The zero-order valence-corrected chi connectivity index (χ0v) is 10.9. The molecule has 2 unspecified atom stereocenters. The van der Waals surface area contributed by atoms with Gasteiger partial charge in [-0.05, 0) is 44.6 Å². The van der Waals surface area contributed by atoms with Gasteiger partial charge in [-0.1, -0.05) is 36.8 Å². The number of rotatable bonds is 4. The molecule has 1 heteroatoms. The van der Waals surface area contributed by atoms with Crippen LogP contribution in [0.4, 0.5) is 0 Å². The standard InChI is InChI=1S/C15H23N/c1-11-5-7-14(8-6-11)12(2)16-13(3)15(4)9-10-15/h5-8,12-13,16H,9-10H2,1-4H3. The summed E-state index contributed by atoms with van der Waals surface area (Å²) in [4.78, 5) is 0. The Kier molecular flexibility index (Phi) is 3.07. The fourth-order valence-electron chi connectivity index (χ4n) is 2.16. The van der Waals surface area contributed by atoms with Crippen molar-refractivity contribution in [2.45, 2.75) is 52.6 Å². The molecule has 1 nitrogen and oxygen atoms in total. The van der Waals surface area contributed by atoms with Gasteiger partial charge in [0.25, 0.3) is 0 Å². The van der Waals surface area contributed by atoms with Crippen LogP contribution in [0.15, 0.2) is 24.3 Å². The predicted octanol–water partition coefficient (Wildman–Crippen LogP) is 3.83. The Morgan fingerprint density at radius 1 is 1.12 bits per heavy atom. The monoisotopic (exact) mass is 217 g/mol. The second kappa shape index (κ2) is 4.21. The fourth-order valence-corrected chi connectivity index (χ4v) is 2.16. The molecular weight excluding hydrogens is 194 g/mol. The Hall–Kier alpha value is -0.820. The van der Waals surface area contributed by atoms with Crippen molar-refractivity contribution in [3.8, 4) is 0 Å². The van der Waals surface area contributed by atoms with E-state index < -0.39 is 0 Å². The molecule has 0 aromatic heterocycles. The van der Waals surface area contributed by atoms with Crippen molar-refractivity contribution in [1.29, 1.82) is 0 Å². The molecule has 1 aliphatic carbocycles. The van der Waals surface area contributed by atoms with Crippen molar-refractivity contribution in [3.05, 3.63) is 35.4 Å². The van der Waals surface area contributed by atoms with Gasteiger partial charge < -0.3 is 5.32 Å². The minimum Gasteiger partial charge on any atom is -0.307 e. The van der Waals surface area contributed by atoms with Crippen LogP contribution in [0, 0.1) is 12.3 Å². The molecule has 16 heavy (non-hydrogen) atoms. The molecule has 1 N–H and O–H groups in total. The zero-order valence-electron chi connectivity index (χ0n) is 10.9. The number of aryl methyl sites for hydroxylation is 1. The van der Waals surface area contributed by atoms with E-state index >= 15 is 0 Å². The van der Waals surface area contributed by atoms with Crippen molar-refractivity contribution >= 4 is 0 Å². The van der Waals surface area contributed by atoms with Crippen molar-refractivity contribution in [2.75, 3.05) is 0 Å². The van der Waals surface area contributed by atoms with Crippen LogP contribution in [-0.4, -0.2) is 6.04 Å². The maximum Gasteiger partial charge on any atom is 0.0294 e. The normalized spacial score (nSPS) is 21.5. The van der Waals surface area contributed by atoms with E-state index in [1.54, 1.807) is 0 Å². The molecule has 0 amide bonds. The van der Waals surface area contributed by atoms with Crippen molar-refractivity contribution in [1.82, 2.24) is 5.32 Å². The van der Waals surface area contributed by atoms with Crippen LogP contribution < -0.4 is 5.32 Å². The first kappa shape index (κ1) is 11.7. The van der Waals surface area contributed by atoms with Gasteiger partial charge in [0.1, 0.15) is 0 Å². The van der Waals surface area contributed by atoms with Crippen LogP contribution in [0.2, 0.25) is 0 Å². The Morgan fingerprint density at radius 2 is 1.69 bits per heavy atom. The van der Waals surface area contributed by atoms with Gasteiger partial charge in [-0.3, -0.25) is 0 Å². The molecule has 0 radical (unpaired) electrons. The van der Waals surface area contributed by atoms with Gasteiger partial charge in [0, 0.05) is 12.1 Å². The molecule has 88 valence electrons. The second-order valence-electron chi connectivity index (χ2n) is 5.67. The molecule has 1 aromatic carbocycles. The van der Waals surface area contributed by atoms with Gasteiger partial charge in [0.15, 0.2) is 0 Å². The van der Waals surface area contributed by atoms with Crippen LogP contribution >= 0.6 is 0 Å². The van der Waals surface area contributed by atoms with E-state index in [1.807, 2.05) is 0 Å². The number of hydrogen-bond acceptors (Lipinski definition) is 1. The molecule has 0 saturated heterocycles. The average Bonchev–Trinajstić information content (AvgIpc) is 2.99. The summed E-state index contributed by atoms with van der Waals surface area (Å²) in [5, 5.41) is 3.72. The van der Waals surface area contributed by atoms with Gasteiger partial charge in [0.05, 0.1) is 0 Å². The van der Waals surface area contributed by atoms with Gasteiger partial charge >= 0.3 is 0 Å². The van der Waals surface area contributed by atoms with E-state index in [-0.39, 0.29) is 0 Å². The number of nitrogens with one attached hydrogen (secondary N) is 1. The third-order valence-corrected chi connectivity index (χ3v) is 4.16. The minimum atomic E-state index is 0.452. The van der Waals surface area contributed by atoms with Crippen LogP contribution in [0.3, 0.4) is 0 Å². The topological polar surface area (TPSA) is 12.0 Å². The first-order chi connectivity index (χ1) is 7.51. The summed E-state index contributed by atoms with van der Waals surface area (Å²) < 4.78 is 0. The fraction of sp³-hybridized carbons (Fsp3) is 0.600. The Morgan fingerprint density at radius 3 is 2.19 bits per heavy atom. The van der Waals surface area contributed by atoms with Gasteiger partial charge in [-0.15, -0.1) is 0 Å². The summed E-state index contributed by atoms with van der Waals surface area (Å²) in [6, 6.07) is 9.91. The Labute approximate surface area is 99.3 Å². The summed E-state index contributed by atoms with van der Waals surface area (Å²) in [5.41, 5.74) is 3.28. The van der Waals surface area contributed by atoms with E-state index in [2.05, 4.69) is 57.3 Å². The SMILES string of the molecule is Cc1ccc(C(C)NC(C)C2(C)CC2)cc1. The number of hydrogen-bond donors (Lipinski definition) is 1. The summed E-state index contributed by atoms with van der Waals surface area (Å²) in [5.74, 6) is 0. The molecule has 0 spiro atoms. The largest absolute Gasteiger partial charge is 0.307 e. The minimum absolute atomic E-state index is 0.452.